The van der Waals surface area contributed by atoms with Gasteiger partial charge in [-0.1, -0.05) is 13.8 Å². The molecular formula is C16H28N2OS. The molecule has 1 saturated heterocycles. The molecule has 1 aromatic rings. The first-order valence-corrected chi connectivity index (χ1v) is 8.52. The van der Waals surface area contributed by atoms with Gasteiger partial charge in [-0.2, -0.15) is 0 Å². The summed E-state index contributed by atoms with van der Waals surface area (Å²) < 4.78 is 5.49. The van der Waals surface area contributed by atoms with Gasteiger partial charge in [0, 0.05) is 36.5 Å². The van der Waals surface area contributed by atoms with E-state index in [1.807, 2.05) is 18.4 Å². The highest BCUT2D eigenvalue weighted by atomic mass is 32.1. The molecule has 0 aliphatic carbocycles. The second kappa shape index (κ2) is 8.13. The second-order valence-electron chi connectivity index (χ2n) is 6.13. The molecule has 3 nitrogen and oxygen atoms in total. The summed E-state index contributed by atoms with van der Waals surface area (Å²) in [6, 6.07) is 4.55. The summed E-state index contributed by atoms with van der Waals surface area (Å²) in [4.78, 5) is 5.44. The van der Waals surface area contributed by atoms with Crippen molar-refractivity contribution in [2.75, 3.05) is 26.7 Å². The fourth-order valence-electron chi connectivity index (χ4n) is 2.66. The first-order valence-electron chi connectivity index (χ1n) is 7.71. The van der Waals surface area contributed by atoms with Crippen LogP contribution in [0.1, 0.15) is 36.4 Å². The molecule has 1 unspecified atom stereocenters. The lowest BCUT2D eigenvalue weighted by atomic mass is 10.1. The summed E-state index contributed by atoms with van der Waals surface area (Å²) in [7, 11) is 1.83. The SMILES string of the molecule is COC1CCCN(Cc2ccc(CNCC(C)C)s2)C1. The van der Waals surface area contributed by atoms with E-state index in [4.69, 9.17) is 4.74 Å². The number of rotatable bonds is 7. The average Bonchev–Trinajstić information content (AvgIpc) is 2.86. The Morgan fingerprint density at radius 2 is 2.20 bits per heavy atom. The van der Waals surface area contributed by atoms with E-state index in [9.17, 15) is 0 Å². The van der Waals surface area contributed by atoms with E-state index in [0.29, 0.717) is 12.0 Å². The highest BCUT2D eigenvalue weighted by molar-refractivity contribution is 7.11. The molecular weight excluding hydrogens is 268 g/mol. The Balaban J connectivity index is 1.77. The summed E-state index contributed by atoms with van der Waals surface area (Å²) in [6.45, 7) is 9.95. The zero-order chi connectivity index (χ0) is 14.4. The molecule has 1 fully saturated rings. The van der Waals surface area contributed by atoms with Crippen LogP contribution in [0.5, 0.6) is 0 Å². The van der Waals surface area contributed by atoms with Gasteiger partial charge in [-0.05, 0) is 44.0 Å². The number of hydrogen-bond acceptors (Lipinski definition) is 4. The third-order valence-electron chi connectivity index (χ3n) is 3.74. The molecule has 0 aromatic carbocycles. The maximum absolute atomic E-state index is 5.49. The monoisotopic (exact) mass is 296 g/mol. The lowest BCUT2D eigenvalue weighted by molar-refractivity contribution is 0.0289. The van der Waals surface area contributed by atoms with Crippen LogP contribution in [0, 0.1) is 5.92 Å². The van der Waals surface area contributed by atoms with Crippen molar-refractivity contribution in [1.82, 2.24) is 10.2 Å². The third kappa shape index (κ3) is 5.17. The molecule has 1 atom stereocenters. The molecule has 0 bridgehead atoms. The molecule has 114 valence electrons. The Morgan fingerprint density at radius 3 is 2.95 bits per heavy atom. The van der Waals surface area contributed by atoms with Crippen LogP contribution in [-0.4, -0.2) is 37.7 Å². The van der Waals surface area contributed by atoms with Gasteiger partial charge in [0.25, 0.3) is 0 Å². The van der Waals surface area contributed by atoms with E-state index < -0.39 is 0 Å². The fourth-order valence-corrected chi connectivity index (χ4v) is 3.69. The fraction of sp³-hybridized carbons (Fsp3) is 0.750. The van der Waals surface area contributed by atoms with Crippen LogP contribution in [0.25, 0.3) is 0 Å². The number of ether oxygens (including phenoxy) is 1. The molecule has 0 spiro atoms. The number of hydrogen-bond donors (Lipinski definition) is 1. The maximum atomic E-state index is 5.49. The number of thiophene rings is 1. The van der Waals surface area contributed by atoms with Crippen molar-refractivity contribution in [2.45, 2.75) is 45.9 Å². The van der Waals surface area contributed by atoms with E-state index in [1.165, 1.54) is 29.1 Å². The molecule has 1 aliphatic heterocycles. The largest absolute Gasteiger partial charge is 0.380 e. The van der Waals surface area contributed by atoms with Crippen LogP contribution in [-0.2, 0) is 17.8 Å². The van der Waals surface area contributed by atoms with E-state index >= 15 is 0 Å². The summed E-state index contributed by atoms with van der Waals surface area (Å²) >= 11 is 1.94. The number of likely N-dealkylation sites (tertiary alicyclic amines) is 1. The molecule has 1 N–H and O–H groups in total. The Hall–Kier alpha value is -0.420. The van der Waals surface area contributed by atoms with Gasteiger partial charge >= 0.3 is 0 Å². The summed E-state index contributed by atoms with van der Waals surface area (Å²) in [5.74, 6) is 0.716. The topological polar surface area (TPSA) is 24.5 Å². The predicted molar refractivity (Wildman–Crippen MR) is 86.2 cm³/mol. The van der Waals surface area contributed by atoms with Crippen LogP contribution in [0.15, 0.2) is 12.1 Å². The smallest absolute Gasteiger partial charge is 0.0698 e. The minimum Gasteiger partial charge on any atom is -0.380 e. The van der Waals surface area contributed by atoms with Crippen LogP contribution in [0.4, 0.5) is 0 Å². The first kappa shape index (κ1) is 16.0. The summed E-state index contributed by atoms with van der Waals surface area (Å²) in [5, 5.41) is 3.51. The van der Waals surface area contributed by atoms with Crippen LogP contribution in [0.3, 0.4) is 0 Å². The minimum absolute atomic E-state index is 0.427. The number of nitrogens with zero attached hydrogens (tertiary/aromatic N) is 1. The number of nitrogens with one attached hydrogen (secondary N) is 1. The highest BCUT2D eigenvalue weighted by Gasteiger charge is 2.19. The molecule has 2 rings (SSSR count). The molecule has 2 heterocycles. The molecule has 0 saturated carbocycles. The van der Waals surface area contributed by atoms with Crippen LogP contribution < -0.4 is 5.32 Å². The van der Waals surface area contributed by atoms with Gasteiger partial charge in [0.05, 0.1) is 6.10 Å². The molecule has 0 amide bonds. The van der Waals surface area contributed by atoms with Crippen molar-refractivity contribution in [2.24, 2.45) is 5.92 Å². The number of piperidine rings is 1. The first-order chi connectivity index (χ1) is 9.67. The van der Waals surface area contributed by atoms with Crippen molar-refractivity contribution in [3.05, 3.63) is 21.9 Å². The van der Waals surface area contributed by atoms with E-state index in [1.54, 1.807) is 0 Å². The van der Waals surface area contributed by atoms with Crippen molar-refractivity contribution in [1.29, 1.82) is 0 Å². The number of methoxy groups -OCH3 is 1. The van der Waals surface area contributed by atoms with Gasteiger partial charge in [0.1, 0.15) is 0 Å². The van der Waals surface area contributed by atoms with Crippen molar-refractivity contribution < 1.29 is 4.74 Å². The van der Waals surface area contributed by atoms with Crippen LogP contribution in [0.2, 0.25) is 0 Å². The summed E-state index contributed by atoms with van der Waals surface area (Å²) in [6.07, 6.45) is 2.89. The Morgan fingerprint density at radius 1 is 1.40 bits per heavy atom. The molecule has 0 radical (unpaired) electrons. The average molecular weight is 296 g/mol. The van der Waals surface area contributed by atoms with Gasteiger partial charge < -0.3 is 10.1 Å². The zero-order valence-electron chi connectivity index (χ0n) is 13.0. The van der Waals surface area contributed by atoms with Crippen molar-refractivity contribution >= 4 is 11.3 Å². The lowest BCUT2D eigenvalue weighted by Gasteiger charge is -2.31. The van der Waals surface area contributed by atoms with E-state index in [-0.39, 0.29) is 0 Å². The Bertz CT molecular complexity index is 392. The molecule has 1 aromatic heterocycles. The normalized spacial score (nSPS) is 20.7. The third-order valence-corrected chi connectivity index (χ3v) is 4.81. The standard InChI is InChI=1S/C16H28N2OS/c1-13(2)9-17-10-15-6-7-16(20-15)12-18-8-4-5-14(11-18)19-3/h6-7,13-14,17H,4-5,8-12H2,1-3H3. The van der Waals surface area contributed by atoms with E-state index in [0.717, 1.165) is 26.2 Å². The lowest BCUT2D eigenvalue weighted by Crippen LogP contribution is -2.38. The predicted octanol–water partition coefficient (Wildman–Crippen LogP) is 3.10. The van der Waals surface area contributed by atoms with Gasteiger partial charge in [-0.15, -0.1) is 11.3 Å². The van der Waals surface area contributed by atoms with E-state index in [2.05, 4.69) is 36.2 Å². The molecule has 4 heteroatoms. The quantitative estimate of drug-likeness (QED) is 0.837. The van der Waals surface area contributed by atoms with Gasteiger partial charge in [-0.3, -0.25) is 4.90 Å². The van der Waals surface area contributed by atoms with Gasteiger partial charge in [-0.25, -0.2) is 0 Å². The maximum Gasteiger partial charge on any atom is 0.0698 e. The van der Waals surface area contributed by atoms with Crippen molar-refractivity contribution in [3.8, 4) is 0 Å². The van der Waals surface area contributed by atoms with Gasteiger partial charge in [0.2, 0.25) is 0 Å². The minimum atomic E-state index is 0.427. The zero-order valence-corrected chi connectivity index (χ0v) is 13.8. The second-order valence-corrected chi connectivity index (χ2v) is 7.38. The Kier molecular flexibility index (Phi) is 6.49. The summed E-state index contributed by atoms with van der Waals surface area (Å²) in [5.41, 5.74) is 0. The molecule has 1 aliphatic rings. The Labute approximate surface area is 127 Å². The highest BCUT2D eigenvalue weighted by Crippen LogP contribution is 2.21. The van der Waals surface area contributed by atoms with Crippen LogP contribution >= 0.6 is 11.3 Å². The van der Waals surface area contributed by atoms with Crippen molar-refractivity contribution in [3.63, 3.8) is 0 Å². The van der Waals surface area contributed by atoms with Gasteiger partial charge in [0.15, 0.2) is 0 Å². The molecule has 20 heavy (non-hydrogen) atoms.